The number of hydrogen-bond donors (Lipinski definition) is 0. The number of carbonyl (C=O) groups is 1. The molecule has 0 N–H and O–H groups in total. The average Bonchev–Trinajstić information content (AvgIpc) is 2.28. The van der Waals surface area contributed by atoms with E-state index in [1.807, 2.05) is 6.07 Å². The molecule has 0 aliphatic heterocycles. The van der Waals surface area contributed by atoms with Crippen molar-refractivity contribution in [2.24, 2.45) is 5.92 Å². The lowest BCUT2D eigenvalue weighted by Gasteiger charge is -2.21. The Labute approximate surface area is 92.6 Å². The highest BCUT2D eigenvalue weighted by Gasteiger charge is 2.28. The van der Waals surface area contributed by atoms with Crippen LogP contribution in [0.2, 0.25) is 0 Å². The first kappa shape index (κ1) is 10.7. The smallest absolute Gasteiger partial charge is 0.204 e. The topological polar surface area (TPSA) is 73.1 Å². The Kier molecular flexibility index (Phi) is 2.94. The summed E-state index contributed by atoms with van der Waals surface area (Å²) in [5.74, 6) is -0.196. The third kappa shape index (κ3) is 2.08. The van der Waals surface area contributed by atoms with Gasteiger partial charge in [0.2, 0.25) is 6.54 Å². The molecule has 1 atom stereocenters. The summed E-state index contributed by atoms with van der Waals surface area (Å²) in [6, 6.07) is 1.84. The van der Waals surface area contributed by atoms with Crippen LogP contribution in [-0.4, -0.2) is 22.2 Å². The number of hydrogen-bond acceptors (Lipinski definition) is 4. The Hall–Kier alpha value is -1.78. The van der Waals surface area contributed by atoms with Crippen molar-refractivity contribution in [1.29, 1.82) is 0 Å². The van der Waals surface area contributed by atoms with Gasteiger partial charge in [-0.1, -0.05) is 0 Å². The number of nitrogens with zero attached hydrogens (tertiary/aromatic N) is 2. The number of rotatable bonds is 3. The molecule has 1 unspecified atom stereocenters. The summed E-state index contributed by atoms with van der Waals surface area (Å²) in [6.07, 6.45) is 5.09. The summed E-state index contributed by atoms with van der Waals surface area (Å²) in [5, 5.41) is 10.3. The summed E-state index contributed by atoms with van der Waals surface area (Å²) in [6.45, 7) is -0.133. The van der Waals surface area contributed by atoms with Crippen molar-refractivity contribution in [3.05, 3.63) is 39.7 Å². The summed E-state index contributed by atoms with van der Waals surface area (Å²) < 4.78 is 0. The van der Waals surface area contributed by atoms with E-state index in [0.717, 1.165) is 12.0 Å². The van der Waals surface area contributed by atoms with Gasteiger partial charge in [-0.05, 0) is 24.5 Å². The Morgan fingerprint density at radius 1 is 1.56 bits per heavy atom. The van der Waals surface area contributed by atoms with Crippen molar-refractivity contribution in [3.63, 3.8) is 0 Å². The van der Waals surface area contributed by atoms with E-state index < -0.39 is 0 Å². The fraction of sp³-hybridized carbons (Fsp3) is 0.455. The molecule has 2 rings (SSSR count). The van der Waals surface area contributed by atoms with Gasteiger partial charge >= 0.3 is 0 Å². The zero-order valence-corrected chi connectivity index (χ0v) is 8.76. The van der Waals surface area contributed by atoms with E-state index in [9.17, 15) is 14.9 Å². The highest BCUT2D eigenvalue weighted by Crippen LogP contribution is 2.26. The molecule has 0 saturated carbocycles. The Morgan fingerprint density at radius 2 is 2.38 bits per heavy atom. The number of nitro groups is 1. The molecule has 0 bridgehead atoms. The fourth-order valence-corrected chi connectivity index (χ4v) is 2.08. The number of fused-ring (bicyclic) bond motifs is 1. The number of Topliss-reactive ketones (excluding diaryl/α,β-unsaturated/α-hetero) is 1. The maximum atomic E-state index is 12.0. The van der Waals surface area contributed by atoms with Gasteiger partial charge < -0.3 is 0 Å². The molecule has 0 spiro atoms. The summed E-state index contributed by atoms with van der Waals surface area (Å²) >= 11 is 0. The minimum Gasteiger partial charge on any atom is -0.294 e. The number of pyridine rings is 1. The highest BCUT2D eigenvalue weighted by molar-refractivity contribution is 5.99. The van der Waals surface area contributed by atoms with Gasteiger partial charge in [-0.25, -0.2) is 0 Å². The predicted octanol–water partition coefficient (Wildman–Crippen LogP) is 1.49. The number of carbonyl (C=O) groups excluding carboxylic acids is 1. The first-order valence-corrected chi connectivity index (χ1v) is 5.27. The second kappa shape index (κ2) is 4.38. The first-order valence-electron chi connectivity index (χ1n) is 5.27. The number of ketones is 1. The lowest BCUT2D eigenvalue weighted by molar-refractivity contribution is -0.481. The van der Waals surface area contributed by atoms with Gasteiger partial charge in [-0.3, -0.25) is 19.9 Å². The highest BCUT2D eigenvalue weighted by atomic mass is 16.6. The number of aryl methyl sites for hydroxylation is 1. The summed E-state index contributed by atoms with van der Waals surface area (Å²) in [7, 11) is 0. The molecule has 5 heteroatoms. The van der Waals surface area contributed by atoms with Gasteiger partial charge in [0.1, 0.15) is 0 Å². The van der Waals surface area contributed by atoms with Gasteiger partial charge in [-0.2, -0.15) is 0 Å². The van der Waals surface area contributed by atoms with Crippen molar-refractivity contribution in [3.8, 4) is 0 Å². The van der Waals surface area contributed by atoms with Crippen molar-refractivity contribution in [2.75, 3.05) is 6.54 Å². The van der Waals surface area contributed by atoms with Crippen molar-refractivity contribution < 1.29 is 9.72 Å². The SMILES string of the molecule is O=C1c2cnccc2CCC1CC[N+](=O)[O-]. The monoisotopic (exact) mass is 220 g/mol. The predicted molar refractivity (Wildman–Crippen MR) is 56.9 cm³/mol. The van der Waals surface area contributed by atoms with Crippen LogP contribution < -0.4 is 0 Å². The van der Waals surface area contributed by atoms with Crippen LogP contribution in [0.15, 0.2) is 18.5 Å². The maximum absolute atomic E-state index is 12.0. The standard InChI is InChI=1S/C11H12N2O3/c14-11-9(4-6-13(15)16)2-1-8-3-5-12-7-10(8)11/h3,5,7,9H,1-2,4,6H2. The van der Waals surface area contributed by atoms with Gasteiger partial charge in [0.05, 0.1) is 0 Å². The minimum atomic E-state index is -0.369. The van der Waals surface area contributed by atoms with Gasteiger partial charge in [0.25, 0.3) is 0 Å². The molecule has 1 aromatic rings. The van der Waals surface area contributed by atoms with Crippen molar-refractivity contribution >= 4 is 5.78 Å². The zero-order valence-electron chi connectivity index (χ0n) is 8.76. The van der Waals surface area contributed by atoms with Crippen molar-refractivity contribution in [2.45, 2.75) is 19.3 Å². The third-order valence-electron chi connectivity index (χ3n) is 2.97. The molecule has 16 heavy (non-hydrogen) atoms. The van der Waals surface area contributed by atoms with E-state index in [0.29, 0.717) is 18.4 Å². The molecule has 1 aromatic heterocycles. The second-order valence-corrected chi connectivity index (χ2v) is 3.98. The van der Waals surface area contributed by atoms with Crippen LogP contribution >= 0.6 is 0 Å². The van der Waals surface area contributed by atoms with Gasteiger partial charge in [0.15, 0.2) is 5.78 Å². The van der Waals surface area contributed by atoms with Gasteiger partial charge in [-0.15, -0.1) is 0 Å². The Bertz CT molecular complexity index is 431. The first-order chi connectivity index (χ1) is 7.68. The zero-order chi connectivity index (χ0) is 11.5. The third-order valence-corrected chi connectivity index (χ3v) is 2.97. The van der Waals surface area contributed by atoms with Crippen LogP contribution in [0, 0.1) is 16.0 Å². The van der Waals surface area contributed by atoms with Crippen LogP contribution in [0.4, 0.5) is 0 Å². The molecule has 0 aromatic carbocycles. The van der Waals surface area contributed by atoms with E-state index in [1.165, 1.54) is 0 Å². The molecule has 1 aliphatic carbocycles. The molecule has 0 amide bonds. The molecule has 84 valence electrons. The molecular formula is C11H12N2O3. The fourth-order valence-electron chi connectivity index (χ4n) is 2.08. The van der Waals surface area contributed by atoms with E-state index in [1.54, 1.807) is 12.4 Å². The molecule has 1 heterocycles. The van der Waals surface area contributed by atoms with Crippen LogP contribution in [0.5, 0.6) is 0 Å². The van der Waals surface area contributed by atoms with Crippen LogP contribution in [0.3, 0.4) is 0 Å². The normalized spacial score (nSPS) is 19.2. The molecular weight excluding hydrogens is 208 g/mol. The van der Waals surface area contributed by atoms with Crippen LogP contribution in [-0.2, 0) is 6.42 Å². The lowest BCUT2D eigenvalue weighted by Crippen LogP contribution is -2.24. The Morgan fingerprint density at radius 3 is 3.12 bits per heavy atom. The Balaban J connectivity index is 2.12. The van der Waals surface area contributed by atoms with E-state index in [2.05, 4.69) is 4.98 Å². The maximum Gasteiger partial charge on any atom is 0.204 e. The summed E-state index contributed by atoms with van der Waals surface area (Å²) in [5.41, 5.74) is 1.65. The van der Waals surface area contributed by atoms with Crippen molar-refractivity contribution in [1.82, 2.24) is 4.98 Å². The molecule has 0 fully saturated rings. The molecule has 0 saturated heterocycles. The quantitative estimate of drug-likeness (QED) is 0.571. The van der Waals surface area contributed by atoms with E-state index in [-0.39, 0.29) is 23.2 Å². The molecule has 5 nitrogen and oxygen atoms in total. The molecule has 1 aliphatic rings. The summed E-state index contributed by atoms with van der Waals surface area (Å²) in [4.78, 5) is 25.8. The minimum absolute atomic E-state index is 0.0104. The van der Waals surface area contributed by atoms with E-state index >= 15 is 0 Å². The average molecular weight is 220 g/mol. The van der Waals surface area contributed by atoms with E-state index in [4.69, 9.17) is 0 Å². The van der Waals surface area contributed by atoms with Gasteiger partial charge in [0, 0.05) is 35.2 Å². The second-order valence-electron chi connectivity index (χ2n) is 3.98. The van der Waals surface area contributed by atoms with Crippen LogP contribution in [0.25, 0.3) is 0 Å². The number of aromatic nitrogens is 1. The lowest BCUT2D eigenvalue weighted by atomic mass is 9.82. The largest absolute Gasteiger partial charge is 0.294 e. The molecule has 0 radical (unpaired) electrons. The van der Waals surface area contributed by atoms with Crippen LogP contribution in [0.1, 0.15) is 28.8 Å².